The fraction of sp³-hybridized carbons (Fsp3) is 0.500. The van der Waals surface area contributed by atoms with Crippen molar-refractivity contribution < 1.29 is 0 Å². The van der Waals surface area contributed by atoms with Crippen LogP contribution in [0.2, 0.25) is 0 Å². The van der Waals surface area contributed by atoms with Crippen LogP contribution in [0.25, 0.3) is 11.0 Å². The molecule has 0 spiro atoms. The lowest BCUT2D eigenvalue weighted by Gasteiger charge is -2.51. The topological polar surface area (TPSA) is 35.2 Å². The van der Waals surface area contributed by atoms with Gasteiger partial charge in [0.05, 0.1) is 17.5 Å². The minimum Gasteiger partial charge on any atom is -0.364 e. The molecule has 3 aliphatic rings. The van der Waals surface area contributed by atoms with Gasteiger partial charge >= 0.3 is 0 Å². The van der Waals surface area contributed by atoms with Crippen molar-refractivity contribution >= 4 is 16.7 Å². The number of aromatic amines is 1. The maximum Gasteiger partial charge on any atom is 0.112 e. The molecule has 1 aromatic carbocycles. The molecule has 18 heavy (non-hydrogen) atoms. The Morgan fingerprint density at radius 3 is 2.89 bits per heavy atom. The van der Waals surface area contributed by atoms with E-state index in [1.54, 1.807) is 6.33 Å². The summed E-state index contributed by atoms with van der Waals surface area (Å²) in [5, 5.41) is 0. The molecule has 3 saturated heterocycles. The summed E-state index contributed by atoms with van der Waals surface area (Å²) in [4.78, 5) is 12.8. The smallest absolute Gasteiger partial charge is 0.112 e. The van der Waals surface area contributed by atoms with E-state index in [2.05, 4.69) is 45.0 Å². The lowest BCUT2D eigenvalue weighted by Crippen LogP contribution is -2.61. The number of piperazine rings is 1. The Morgan fingerprint density at radius 1 is 1.22 bits per heavy atom. The van der Waals surface area contributed by atoms with E-state index in [4.69, 9.17) is 0 Å². The molecule has 2 aromatic rings. The predicted molar refractivity (Wildman–Crippen MR) is 72.9 cm³/mol. The normalized spacial score (nSPS) is 28.2. The molecular formula is C14H18N4. The first-order valence-electron chi connectivity index (χ1n) is 6.72. The van der Waals surface area contributed by atoms with Gasteiger partial charge in [0.1, 0.15) is 5.52 Å². The van der Waals surface area contributed by atoms with Crippen LogP contribution in [-0.4, -0.2) is 47.1 Å². The molecule has 0 saturated carbocycles. The second-order valence-electron chi connectivity index (χ2n) is 5.55. The lowest BCUT2D eigenvalue weighted by atomic mass is 9.90. The number of anilines is 1. The molecule has 0 radical (unpaired) electrons. The average molecular weight is 242 g/mol. The Kier molecular flexibility index (Phi) is 2.14. The third-order valence-corrected chi connectivity index (χ3v) is 4.54. The molecule has 3 aliphatic heterocycles. The van der Waals surface area contributed by atoms with Crippen LogP contribution in [0.3, 0.4) is 0 Å². The Labute approximate surface area is 107 Å². The standard InChI is InChI=1S/C14H18N4/c1-17-7-11-6-5-10(17)8-18(11)13-4-2-3-12-14(13)16-9-15-12/h2-4,9-11H,5-8H2,1H3,(H,15,16). The van der Waals surface area contributed by atoms with E-state index in [1.165, 1.54) is 25.1 Å². The van der Waals surface area contributed by atoms with E-state index in [0.29, 0.717) is 12.1 Å². The predicted octanol–water partition coefficient (Wildman–Crippen LogP) is 1.85. The number of hydrogen-bond donors (Lipinski definition) is 1. The van der Waals surface area contributed by atoms with Crippen LogP contribution in [0.4, 0.5) is 5.69 Å². The van der Waals surface area contributed by atoms with E-state index in [1.807, 2.05) is 0 Å². The number of nitrogens with zero attached hydrogens (tertiary/aromatic N) is 3. The molecule has 0 amide bonds. The second-order valence-corrected chi connectivity index (χ2v) is 5.55. The summed E-state index contributed by atoms with van der Waals surface area (Å²) < 4.78 is 0. The molecule has 2 bridgehead atoms. The van der Waals surface area contributed by atoms with Crippen molar-refractivity contribution in [2.45, 2.75) is 24.9 Å². The van der Waals surface area contributed by atoms with Gasteiger partial charge in [-0.1, -0.05) is 6.07 Å². The fourth-order valence-electron chi connectivity index (χ4n) is 3.52. The van der Waals surface area contributed by atoms with E-state index < -0.39 is 0 Å². The van der Waals surface area contributed by atoms with Gasteiger partial charge in [-0.15, -0.1) is 0 Å². The number of rotatable bonds is 1. The van der Waals surface area contributed by atoms with Crippen LogP contribution >= 0.6 is 0 Å². The maximum atomic E-state index is 4.49. The molecule has 3 fully saturated rings. The van der Waals surface area contributed by atoms with Crippen molar-refractivity contribution in [2.75, 3.05) is 25.0 Å². The van der Waals surface area contributed by atoms with Crippen molar-refractivity contribution in [1.82, 2.24) is 14.9 Å². The average Bonchev–Trinajstić information content (AvgIpc) is 2.87. The lowest BCUT2D eigenvalue weighted by molar-refractivity contribution is 0.125. The van der Waals surface area contributed by atoms with Gasteiger partial charge in [0.2, 0.25) is 0 Å². The quantitative estimate of drug-likeness (QED) is 0.829. The summed E-state index contributed by atoms with van der Waals surface area (Å²) in [7, 11) is 2.25. The van der Waals surface area contributed by atoms with Gasteiger partial charge in [-0.2, -0.15) is 0 Å². The molecule has 4 nitrogen and oxygen atoms in total. The number of nitrogens with one attached hydrogen (secondary N) is 1. The molecule has 5 rings (SSSR count). The van der Waals surface area contributed by atoms with Gasteiger partial charge in [-0.25, -0.2) is 4.98 Å². The molecule has 2 unspecified atom stereocenters. The maximum absolute atomic E-state index is 4.49. The molecule has 1 aromatic heterocycles. The van der Waals surface area contributed by atoms with Gasteiger partial charge in [0.15, 0.2) is 0 Å². The third kappa shape index (κ3) is 1.38. The van der Waals surface area contributed by atoms with Crippen molar-refractivity contribution in [3.63, 3.8) is 0 Å². The number of benzene rings is 1. The van der Waals surface area contributed by atoms with Gasteiger partial charge in [-0.3, -0.25) is 4.90 Å². The van der Waals surface area contributed by atoms with Crippen molar-refractivity contribution in [3.8, 4) is 0 Å². The second kappa shape index (κ2) is 3.72. The zero-order chi connectivity index (χ0) is 12.1. The Bertz CT molecular complexity index is 576. The summed E-state index contributed by atoms with van der Waals surface area (Å²) in [6.07, 6.45) is 4.45. The van der Waals surface area contributed by atoms with Crippen LogP contribution in [0.15, 0.2) is 24.5 Å². The highest BCUT2D eigenvalue weighted by Gasteiger charge is 2.37. The van der Waals surface area contributed by atoms with E-state index in [-0.39, 0.29) is 0 Å². The number of fused-ring (bicyclic) bond motifs is 4. The van der Waals surface area contributed by atoms with Gasteiger partial charge in [0, 0.05) is 25.2 Å². The summed E-state index contributed by atoms with van der Waals surface area (Å²) in [6.45, 7) is 2.33. The zero-order valence-corrected chi connectivity index (χ0v) is 10.6. The van der Waals surface area contributed by atoms with Crippen LogP contribution in [0.5, 0.6) is 0 Å². The van der Waals surface area contributed by atoms with Gasteiger partial charge in [0.25, 0.3) is 0 Å². The largest absolute Gasteiger partial charge is 0.364 e. The van der Waals surface area contributed by atoms with Crippen molar-refractivity contribution in [2.24, 2.45) is 0 Å². The first-order chi connectivity index (χ1) is 8.83. The van der Waals surface area contributed by atoms with Crippen LogP contribution < -0.4 is 4.90 Å². The van der Waals surface area contributed by atoms with E-state index >= 15 is 0 Å². The van der Waals surface area contributed by atoms with E-state index in [0.717, 1.165) is 17.6 Å². The molecule has 1 N–H and O–H groups in total. The van der Waals surface area contributed by atoms with Gasteiger partial charge < -0.3 is 9.88 Å². The molecule has 4 heteroatoms. The first-order valence-corrected chi connectivity index (χ1v) is 6.72. The number of para-hydroxylation sites is 1. The highest BCUT2D eigenvalue weighted by atomic mass is 15.3. The Hall–Kier alpha value is -1.55. The number of aromatic nitrogens is 2. The highest BCUT2D eigenvalue weighted by molar-refractivity contribution is 5.88. The molecule has 2 atom stereocenters. The molecule has 4 heterocycles. The monoisotopic (exact) mass is 242 g/mol. The minimum absolute atomic E-state index is 0.655. The number of likely N-dealkylation sites (N-methyl/N-ethyl adjacent to an activating group) is 1. The SMILES string of the molecule is CN1CC2CCC1CN2c1cccc2[nH]cnc12. The summed E-state index contributed by atoms with van der Waals surface area (Å²) in [5.41, 5.74) is 3.56. The zero-order valence-electron chi connectivity index (χ0n) is 10.6. The summed E-state index contributed by atoms with van der Waals surface area (Å²) >= 11 is 0. The summed E-state index contributed by atoms with van der Waals surface area (Å²) in [6, 6.07) is 7.80. The molecule has 0 aliphatic carbocycles. The van der Waals surface area contributed by atoms with Crippen LogP contribution in [0, 0.1) is 0 Å². The minimum atomic E-state index is 0.655. The van der Waals surface area contributed by atoms with Crippen LogP contribution in [0.1, 0.15) is 12.8 Å². The van der Waals surface area contributed by atoms with E-state index in [9.17, 15) is 0 Å². The molecule has 94 valence electrons. The van der Waals surface area contributed by atoms with Crippen molar-refractivity contribution in [1.29, 1.82) is 0 Å². The Balaban J connectivity index is 1.77. The number of H-pyrrole nitrogens is 1. The number of imidazole rings is 1. The van der Waals surface area contributed by atoms with Gasteiger partial charge in [-0.05, 0) is 32.0 Å². The number of piperidine rings is 2. The fourth-order valence-corrected chi connectivity index (χ4v) is 3.52. The summed E-state index contributed by atoms with van der Waals surface area (Å²) in [5.74, 6) is 0. The van der Waals surface area contributed by atoms with Crippen molar-refractivity contribution in [3.05, 3.63) is 24.5 Å². The Morgan fingerprint density at radius 2 is 2.11 bits per heavy atom. The molecular weight excluding hydrogens is 224 g/mol. The highest BCUT2D eigenvalue weighted by Crippen LogP contribution is 2.34. The number of hydrogen-bond acceptors (Lipinski definition) is 3. The third-order valence-electron chi connectivity index (χ3n) is 4.54. The van der Waals surface area contributed by atoms with Crippen LogP contribution in [-0.2, 0) is 0 Å². The first kappa shape index (κ1) is 10.4.